The van der Waals surface area contributed by atoms with E-state index in [1.54, 1.807) is 7.11 Å². The van der Waals surface area contributed by atoms with Crippen LogP contribution in [0.1, 0.15) is 58.1 Å². The van der Waals surface area contributed by atoms with Crippen LogP contribution in [0.15, 0.2) is 18.5 Å². The molecule has 1 aliphatic carbocycles. The second-order valence-corrected chi connectivity index (χ2v) is 6.73. The molecule has 0 amide bonds. The van der Waals surface area contributed by atoms with Crippen molar-refractivity contribution >= 4 is 0 Å². The van der Waals surface area contributed by atoms with Crippen molar-refractivity contribution in [3.8, 4) is 5.75 Å². The van der Waals surface area contributed by atoms with Crippen LogP contribution in [-0.2, 0) is 0 Å². The maximum Gasteiger partial charge on any atom is 0.141 e. The van der Waals surface area contributed by atoms with Crippen molar-refractivity contribution in [2.75, 3.05) is 13.7 Å². The highest BCUT2D eigenvalue weighted by Crippen LogP contribution is 2.41. The number of nitrogens with zero attached hydrogens (tertiary/aromatic N) is 1. The van der Waals surface area contributed by atoms with Gasteiger partial charge in [0.2, 0.25) is 0 Å². The fraction of sp³-hybridized carbons (Fsp3) is 0.722. The molecule has 1 aromatic heterocycles. The second kappa shape index (κ2) is 7.79. The molecule has 1 fully saturated rings. The number of methoxy groups -OCH3 is 1. The first-order chi connectivity index (χ1) is 10.2. The third-order valence-electron chi connectivity index (χ3n) is 4.67. The minimum absolute atomic E-state index is 0.382. The monoisotopic (exact) mass is 290 g/mol. The van der Waals surface area contributed by atoms with Crippen molar-refractivity contribution in [3.63, 3.8) is 0 Å². The molecule has 21 heavy (non-hydrogen) atoms. The molecule has 0 bridgehead atoms. The van der Waals surface area contributed by atoms with E-state index in [1.165, 1.54) is 24.8 Å². The Hall–Kier alpha value is -1.09. The molecule has 1 aromatic rings. The first-order valence-corrected chi connectivity index (χ1v) is 8.36. The molecule has 1 aliphatic rings. The second-order valence-electron chi connectivity index (χ2n) is 6.73. The highest BCUT2D eigenvalue weighted by Gasteiger charge is 2.31. The van der Waals surface area contributed by atoms with E-state index in [-0.39, 0.29) is 0 Å². The smallest absolute Gasteiger partial charge is 0.141 e. The molecular formula is C18H30N2O. The summed E-state index contributed by atoms with van der Waals surface area (Å²) in [5.41, 5.74) is 1.27. The van der Waals surface area contributed by atoms with Crippen LogP contribution in [0.2, 0.25) is 0 Å². The first kappa shape index (κ1) is 16.3. The fourth-order valence-electron chi connectivity index (χ4n) is 3.93. The van der Waals surface area contributed by atoms with Crippen LogP contribution in [-0.4, -0.2) is 18.6 Å². The number of aromatic nitrogens is 1. The summed E-state index contributed by atoms with van der Waals surface area (Å²) in [6.07, 6.45) is 8.85. The van der Waals surface area contributed by atoms with Crippen molar-refractivity contribution < 1.29 is 4.74 Å². The third-order valence-corrected chi connectivity index (χ3v) is 4.67. The minimum atomic E-state index is 0.382. The molecule has 1 N–H and O–H groups in total. The average molecular weight is 290 g/mol. The van der Waals surface area contributed by atoms with Gasteiger partial charge in [-0.2, -0.15) is 0 Å². The van der Waals surface area contributed by atoms with E-state index >= 15 is 0 Å². The maximum atomic E-state index is 5.55. The Morgan fingerprint density at radius 2 is 2.00 bits per heavy atom. The lowest BCUT2D eigenvalue weighted by Gasteiger charge is -2.37. The Labute approximate surface area is 129 Å². The number of hydrogen-bond donors (Lipinski definition) is 1. The number of pyridine rings is 1. The summed E-state index contributed by atoms with van der Waals surface area (Å²) in [5.74, 6) is 3.23. The molecule has 3 heteroatoms. The van der Waals surface area contributed by atoms with Gasteiger partial charge in [0.25, 0.3) is 0 Å². The van der Waals surface area contributed by atoms with E-state index < -0.39 is 0 Å². The molecule has 118 valence electrons. The average Bonchev–Trinajstić information content (AvgIpc) is 2.47. The van der Waals surface area contributed by atoms with Crippen LogP contribution in [0.5, 0.6) is 5.75 Å². The van der Waals surface area contributed by atoms with Gasteiger partial charge in [-0.3, -0.25) is 4.98 Å². The molecule has 0 radical (unpaired) electrons. The van der Waals surface area contributed by atoms with Gasteiger partial charge in [-0.1, -0.05) is 20.8 Å². The standard InChI is InChI=1S/C18H30N2O/c1-5-7-20-18(15-10-13(2)9-14(3)11-15)16-6-8-19-12-17(16)21-4/h6,8,12-15,18,20H,5,7,9-11H2,1-4H3. The van der Waals surface area contributed by atoms with E-state index in [4.69, 9.17) is 4.74 Å². The maximum absolute atomic E-state index is 5.55. The van der Waals surface area contributed by atoms with Crippen LogP contribution >= 0.6 is 0 Å². The van der Waals surface area contributed by atoms with Crippen LogP contribution in [0.3, 0.4) is 0 Å². The largest absolute Gasteiger partial charge is 0.495 e. The van der Waals surface area contributed by atoms with Gasteiger partial charge in [-0.25, -0.2) is 0 Å². The van der Waals surface area contributed by atoms with Gasteiger partial charge in [-0.05, 0) is 56.0 Å². The SMILES string of the molecule is CCCNC(c1ccncc1OC)C1CC(C)CC(C)C1. The summed E-state index contributed by atoms with van der Waals surface area (Å²) < 4.78 is 5.55. The molecule has 1 heterocycles. The summed E-state index contributed by atoms with van der Waals surface area (Å²) in [6.45, 7) is 8.06. The Balaban J connectivity index is 2.24. The highest BCUT2D eigenvalue weighted by atomic mass is 16.5. The number of nitrogens with one attached hydrogen (secondary N) is 1. The Kier molecular flexibility index (Phi) is 6.04. The van der Waals surface area contributed by atoms with Gasteiger partial charge >= 0.3 is 0 Å². The normalized spacial score (nSPS) is 27.3. The summed E-state index contributed by atoms with van der Waals surface area (Å²) in [7, 11) is 1.74. The summed E-state index contributed by atoms with van der Waals surface area (Å²) in [5, 5.41) is 3.76. The molecule has 0 spiro atoms. The molecule has 3 nitrogen and oxygen atoms in total. The minimum Gasteiger partial charge on any atom is -0.495 e. The van der Waals surface area contributed by atoms with E-state index in [0.717, 1.165) is 30.6 Å². The van der Waals surface area contributed by atoms with E-state index in [0.29, 0.717) is 12.0 Å². The zero-order valence-corrected chi connectivity index (χ0v) is 13.9. The van der Waals surface area contributed by atoms with Gasteiger partial charge in [0, 0.05) is 17.8 Å². The molecule has 0 aromatic carbocycles. The van der Waals surface area contributed by atoms with Crippen LogP contribution in [0.4, 0.5) is 0 Å². The zero-order chi connectivity index (χ0) is 15.2. The fourth-order valence-corrected chi connectivity index (χ4v) is 3.93. The first-order valence-electron chi connectivity index (χ1n) is 8.36. The van der Waals surface area contributed by atoms with E-state index in [9.17, 15) is 0 Å². The van der Waals surface area contributed by atoms with Gasteiger partial charge in [0.05, 0.1) is 13.3 Å². The lowest BCUT2D eigenvalue weighted by Crippen LogP contribution is -2.34. The summed E-state index contributed by atoms with van der Waals surface area (Å²) in [6, 6.07) is 2.50. The molecule has 1 saturated carbocycles. The van der Waals surface area contributed by atoms with Crippen molar-refractivity contribution in [3.05, 3.63) is 24.0 Å². The van der Waals surface area contributed by atoms with Gasteiger partial charge < -0.3 is 10.1 Å². The van der Waals surface area contributed by atoms with Crippen molar-refractivity contribution in [2.24, 2.45) is 17.8 Å². The summed E-state index contributed by atoms with van der Waals surface area (Å²) >= 11 is 0. The molecular weight excluding hydrogens is 260 g/mol. The van der Waals surface area contributed by atoms with Gasteiger partial charge in [-0.15, -0.1) is 0 Å². The Morgan fingerprint density at radius 3 is 2.62 bits per heavy atom. The number of hydrogen-bond acceptors (Lipinski definition) is 3. The van der Waals surface area contributed by atoms with Crippen molar-refractivity contribution in [2.45, 2.75) is 52.5 Å². The Morgan fingerprint density at radius 1 is 1.29 bits per heavy atom. The van der Waals surface area contributed by atoms with E-state index in [2.05, 4.69) is 37.1 Å². The van der Waals surface area contributed by atoms with E-state index in [1.807, 2.05) is 12.4 Å². The van der Waals surface area contributed by atoms with Crippen LogP contribution in [0, 0.1) is 17.8 Å². The highest BCUT2D eigenvalue weighted by molar-refractivity contribution is 5.33. The molecule has 0 saturated heterocycles. The lowest BCUT2D eigenvalue weighted by atomic mass is 9.72. The quantitative estimate of drug-likeness (QED) is 0.852. The molecule has 0 aliphatic heterocycles. The lowest BCUT2D eigenvalue weighted by molar-refractivity contribution is 0.174. The topological polar surface area (TPSA) is 34.2 Å². The van der Waals surface area contributed by atoms with Gasteiger partial charge in [0.15, 0.2) is 0 Å². The van der Waals surface area contributed by atoms with Crippen LogP contribution in [0.25, 0.3) is 0 Å². The predicted octanol–water partition coefficient (Wildman–Crippen LogP) is 4.20. The molecule has 2 rings (SSSR count). The zero-order valence-electron chi connectivity index (χ0n) is 13.9. The predicted molar refractivity (Wildman–Crippen MR) is 87.5 cm³/mol. The summed E-state index contributed by atoms with van der Waals surface area (Å²) in [4.78, 5) is 4.20. The number of ether oxygens (including phenoxy) is 1. The van der Waals surface area contributed by atoms with Crippen LogP contribution < -0.4 is 10.1 Å². The Bertz CT molecular complexity index is 425. The molecule has 3 atom stereocenters. The van der Waals surface area contributed by atoms with Crippen molar-refractivity contribution in [1.82, 2.24) is 10.3 Å². The number of rotatable bonds is 6. The third kappa shape index (κ3) is 4.19. The van der Waals surface area contributed by atoms with Crippen molar-refractivity contribution in [1.29, 1.82) is 0 Å². The van der Waals surface area contributed by atoms with Gasteiger partial charge in [0.1, 0.15) is 5.75 Å². The molecule has 3 unspecified atom stereocenters.